The Kier molecular flexibility index (Phi) is 6.58. The van der Waals surface area contributed by atoms with Crippen molar-refractivity contribution in [3.63, 3.8) is 0 Å². The SMILES string of the molecule is COc1ccc(CCNc2ncnc(Nc3ccc(C)cn3)c2[N+](=O)[O-])cc1OC. The molecule has 156 valence electrons. The average molecular weight is 410 g/mol. The summed E-state index contributed by atoms with van der Waals surface area (Å²) in [5, 5.41) is 17.6. The predicted molar refractivity (Wildman–Crippen MR) is 113 cm³/mol. The normalized spacial score (nSPS) is 10.4. The lowest BCUT2D eigenvalue weighted by Gasteiger charge is -2.11. The zero-order chi connectivity index (χ0) is 21.5. The maximum Gasteiger partial charge on any atom is 0.353 e. The van der Waals surface area contributed by atoms with Crippen LogP contribution >= 0.6 is 0 Å². The number of pyridine rings is 1. The Bertz CT molecular complexity index is 1030. The fraction of sp³-hybridized carbons (Fsp3) is 0.250. The molecule has 1 aromatic carbocycles. The fourth-order valence-electron chi connectivity index (χ4n) is 2.80. The molecule has 3 aromatic rings. The molecule has 10 nitrogen and oxygen atoms in total. The van der Waals surface area contributed by atoms with E-state index in [2.05, 4.69) is 25.6 Å². The molecule has 2 heterocycles. The summed E-state index contributed by atoms with van der Waals surface area (Å²) >= 11 is 0. The number of nitrogens with zero attached hydrogens (tertiary/aromatic N) is 4. The van der Waals surface area contributed by atoms with Crippen LogP contribution in [0.15, 0.2) is 42.9 Å². The molecule has 2 aromatic heterocycles. The highest BCUT2D eigenvalue weighted by molar-refractivity contribution is 5.72. The molecule has 3 rings (SSSR count). The third kappa shape index (κ3) is 4.90. The van der Waals surface area contributed by atoms with E-state index in [1.165, 1.54) is 6.33 Å². The van der Waals surface area contributed by atoms with Gasteiger partial charge in [0.25, 0.3) is 0 Å². The van der Waals surface area contributed by atoms with E-state index in [9.17, 15) is 10.1 Å². The third-order valence-corrected chi connectivity index (χ3v) is 4.32. The molecule has 0 aliphatic rings. The zero-order valence-electron chi connectivity index (χ0n) is 16.9. The second-order valence-electron chi connectivity index (χ2n) is 6.39. The highest BCUT2D eigenvalue weighted by Crippen LogP contribution is 2.31. The maximum atomic E-state index is 11.7. The number of nitro groups is 1. The number of nitrogens with one attached hydrogen (secondary N) is 2. The molecule has 0 spiro atoms. The van der Waals surface area contributed by atoms with Gasteiger partial charge in [-0.05, 0) is 42.7 Å². The van der Waals surface area contributed by atoms with Crippen molar-refractivity contribution in [2.75, 3.05) is 31.4 Å². The lowest BCUT2D eigenvalue weighted by molar-refractivity contribution is -0.383. The van der Waals surface area contributed by atoms with E-state index in [-0.39, 0.29) is 17.3 Å². The Hall–Kier alpha value is -3.95. The van der Waals surface area contributed by atoms with Crippen molar-refractivity contribution in [3.8, 4) is 11.5 Å². The second kappa shape index (κ2) is 9.50. The molecule has 0 fully saturated rings. The summed E-state index contributed by atoms with van der Waals surface area (Å²) in [5.74, 6) is 1.92. The zero-order valence-corrected chi connectivity index (χ0v) is 16.9. The fourth-order valence-corrected chi connectivity index (χ4v) is 2.80. The van der Waals surface area contributed by atoms with E-state index >= 15 is 0 Å². The van der Waals surface area contributed by atoms with Gasteiger partial charge < -0.3 is 20.1 Å². The number of aryl methyl sites for hydroxylation is 1. The smallest absolute Gasteiger partial charge is 0.353 e. The molecule has 0 bridgehead atoms. The van der Waals surface area contributed by atoms with Crippen LogP contribution in [0.3, 0.4) is 0 Å². The van der Waals surface area contributed by atoms with Crippen LogP contribution in [0.1, 0.15) is 11.1 Å². The molecule has 0 radical (unpaired) electrons. The van der Waals surface area contributed by atoms with E-state index in [1.54, 1.807) is 26.5 Å². The second-order valence-corrected chi connectivity index (χ2v) is 6.39. The number of hydrogen-bond acceptors (Lipinski definition) is 9. The van der Waals surface area contributed by atoms with Crippen LogP contribution < -0.4 is 20.1 Å². The molecular formula is C20H22N6O4. The van der Waals surface area contributed by atoms with Gasteiger partial charge in [0, 0.05) is 12.7 Å². The van der Waals surface area contributed by atoms with Gasteiger partial charge in [-0.15, -0.1) is 0 Å². The van der Waals surface area contributed by atoms with Crippen LogP contribution in [0, 0.1) is 17.0 Å². The molecule has 0 saturated heterocycles. The Morgan fingerprint density at radius 2 is 1.80 bits per heavy atom. The Balaban J connectivity index is 1.74. The maximum absolute atomic E-state index is 11.7. The van der Waals surface area contributed by atoms with Crippen molar-refractivity contribution >= 4 is 23.1 Å². The number of anilines is 3. The first-order valence-electron chi connectivity index (χ1n) is 9.15. The van der Waals surface area contributed by atoms with Gasteiger partial charge in [-0.2, -0.15) is 0 Å². The lowest BCUT2D eigenvalue weighted by Crippen LogP contribution is -2.11. The minimum atomic E-state index is -0.519. The van der Waals surface area contributed by atoms with Crippen LogP contribution in [-0.2, 0) is 6.42 Å². The van der Waals surface area contributed by atoms with Crippen molar-refractivity contribution in [2.45, 2.75) is 13.3 Å². The lowest BCUT2D eigenvalue weighted by atomic mass is 10.1. The molecule has 30 heavy (non-hydrogen) atoms. The van der Waals surface area contributed by atoms with E-state index in [0.717, 1.165) is 11.1 Å². The quantitative estimate of drug-likeness (QED) is 0.403. The van der Waals surface area contributed by atoms with Crippen molar-refractivity contribution in [2.24, 2.45) is 0 Å². The number of aromatic nitrogens is 3. The molecule has 2 N–H and O–H groups in total. The van der Waals surface area contributed by atoms with Gasteiger partial charge in [0.15, 0.2) is 11.5 Å². The third-order valence-electron chi connectivity index (χ3n) is 4.32. The van der Waals surface area contributed by atoms with Crippen LogP contribution in [0.4, 0.5) is 23.1 Å². The number of rotatable bonds is 9. The van der Waals surface area contributed by atoms with Gasteiger partial charge in [0.2, 0.25) is 11.6 Å². The van der Waals surface area contributed by atoms with Crippen LogP contribution in [-0.4, -0.2) is 40.6 Å². The van der Waals surface area contributed by atoms with Crippen LogP contribution in [0.25, 0.3) is 0 Å². The minimum absolute atomic E-state index is 0.0694. The summed E-state index contributed by atoms with van der Waals surface area (Å²) < 4.78 is 10.5. The van der Waals surface area contributed by atoms with Crippen molar-refractivity contribution in [1.82, 2.24) is 15.0 Å². The van der Waals surface area contributed by atoms with Gasteiger partial charge in [-0.25, -0.2) is 15.0 Å². The summed E-state index contributed by atoms with van der Waals surface area (Å²) in [4.78, 5) is 23.4. The topological polar surface area (TPSA) is 124 Å². The summed E-state index contributed by atoms with van der Waals surface area (Å²) in [6.45, 7) is 2.33. The van der Waals surface area contributed by atoms with E-state index in [4.69, 9.17) is 9.47 Å². The highest BCUT2D eigenvalue weighted by Gasteiger charge is 2.23. The molecule has 0 amide bonds. The number of methoxy groups -OCH3 is 2. The Labute approximate surface area is 173 Å². The van der Waals surface area contributed by atoms with Gasteiger partial charge in [-0.3, -0.25) is 10.1 Å². The van der Waals surface area contributed by atoms with E-state index in [0.29, 0.717) is 30.3 Å². The average Bonchev–Trinajstić information content (AvgIpc) is 2.75. The molecule has 0 unspecified atom stereocenters. The largest absolute Gasteiger partial charge is 0.493 e. The summed E-state index contributed by atoms with van der Waals surface area (Å²) in [7, 11) is 3.15. The molecule has 0 saturated carbocycles. The predicted octanol–water partition coefficient (Wildman–Crippen LogP) is 3.50. The first-order chi connectivity index (χ1) is 14.5. The van der Waals surface area contributed by atoms with Crippen molar-refractivity contribution in [1.29, 1.82) is 0 Å². The standard InChI is InChI=1S/C20H22N6O4/c1-13-4-7-17(22-11-13)25-20-18(26(27)28)19(23-12-24-20)21-9-8-14-5-6-15(29-2)16(10-14)30-3/h4-7,10-12H,8-9H2,1-3H3,(H2,21,22,23,24,25). The van der Waals surface area contributed by atoms with Gasteiger partial charge >= 0.3 is 5.69 Å². The monoisotopic (exact) mass is 410 g/mol. The Morgan fingerprint density at radius 1 is 1.03 bits per heavy atom. The van der Waals surface area contributed by atoms with E-state index in [1.807, 2.05) is 31.2 Å². The van der Waals surface area contributed by atoms with Gasteiger partial charge in [0.1, 0.15) is 12.1 Å². The van der Waals surface area contributed by atoms with Gasteiger partial charge in [0.05, 0.1) is 19.1 Å². The minimum Gasteiger partial charge on any atom is -0.493 e. The van der Waals surface area contributed by atoms with Gasteiger partial charge in [-0.1, -0.05) is 12.1 Å². The number of ether oxygens (including phenoxy) is 2. The molecular weight excluding hydrogens is 388 g/mol. The molecule has 10 heteroatoms. The van der Waals surface area contributed by atoms with E-state index < -0.39 is 4.92 Å². The first kappa shape index (κ1) is 20.8. The number of benzene rings is 1. The molecule has 0 aliphatic carbocycles. The summed E-state index contributed by atoms with van der Waals surface area (Å²) in [6.07, 6.45) is 3.53. The number of hydrogen-bond donors (Lipinski definition) is 2. The molecule has 0 atom stereocenters. The van der Waals surface area contributed by atoms with Crippen LogP contribution in [0.2, 0.25) is 0 Å². The first-order valence-corrected chi connectivity index (χ1v) is 9.15. The van der Waals surface area contributed by atoms with Crippen LogP contribution in [0.5, 0.6) is 11.5 Å². The van der Waals surface area contributed by atoms with Crippen molar-refractivity contribution < 1.29 is 14.4 Å². The highest BCUT2D eigenvalue weighted by atomic mass is 16.6. The Morgan fingerprint density at radius 3 is 2.47 bits per heavy atom. The summed E-state index contributed by atoms with van der Waals surface area (Å²) in [5.41, 5.74) is 1.72. The summed E-state index contributed by atoms with van der Waals surface area (Å²) in [6, 6.07) is 9.17. The van der Waals surface area contributed by atoms with Crippen molar-refractivity contribution in [3.05, 3.63) is 64.1 Å². The molecule has 0 aliphatic heterocycles.